The summed E-state index contributed by atoms with van der Waals surface area (Å²) in [6.45, 7) is 9.26. The van der Waals surface area contributed by atoms with Crippen molar-refractivity contribution in [2.24, 2.45) is 10.9 Å². The Morgan fingerprint density at radius 2 is 1.60 bits per heavy atom. The van der Waals surface area contributed by atoms with Gasteiger partial charge in [0.05, 0.1) is 41.7 Å². The first kappa shape index (κ1) is 29.1. The zero-order valence-electron chi connectivity index (χ0n) is 24.2. The van der Waals surface area contributed by atoms with E-state index in [0.29, 0.717) is 45.5 Å². The maximum atomic E-state index is 14.0. The summed E-state index contributed by atoms with van der Waals surface area (Å²) in [5.41, 5.74) is 2.97. The van der Waals surface area contributed by atoms with Crippen LogP contribution in [0.4, 0.5) is 0 Å². The first-order valence-electron chi connectivity index (χ1n) is 14.1. The summed E-state index contributed by atoms with van der Waals surface area (Å²) in [5, 5.41) is 0. The Bertz CT molecular complexity index is 1750. The summed E-state index contributed by atoms with van der Waals surface area (Å²) in [5.74, 6) is 1.41. The molecule has 0 saturated heterocycles. The molecule has 1 aromatic heterocycles. The van der Waals surface area contributed by atoms with Gasteiger partial charge in [-0.3, -0.25) is 9.36 Å². The van der Waals surface area contributed by atoms with Gasteiger partial charge in [0, 0.05) is 5.56 Å². The maximum absolute atomic E-state index is 14.0. The lowest BCUT2D eigenvalue weighted by Crippen LogP contribution is -2.40. The van der Waals surface area contributed by atoms with Gasteiger partial charge in [0.1, 0.15) is 11.5 Å². The first-order valence-corrected chi connectivity index (χ1v) is 14.9. The van der Waals surface area contributed by atoms with Gasteiger partial charge in [0.25, 0.3) is 5.56 Å². The molecule has 0 amide bonds. The molecule has 5 rings (SSSR count). The first-order chi connectivity index (χ1) is 20.4. The van der Waals surface area contributed by atoms with E-state index in [9.17, 15) is 9.59 Å². The minimum Gasteiger partial charge on any atom is -0.494 e. The Balaban J connectivity index is 1.69. The molecule has 0 aliphatic carbocycles. The number of fused-ring (bicyclic) bond motifs is 1. The second-order valence-corrected chi connectivity index (χ2v) is 11.2. The molecule has 0 bridgehead atoms. The van der Waals surface area contributed by atoms with Gasteiger partial charge in [-0.05, 0) is 61.2 Å². The van der Waals surface area contributed by atoms with Crippen LogP contribution in [0.5, 0.6) is 11.5 Å². The van der Waals surface area contributed by atoms with Crippen LogP contribution in [0.3, 0.4) is 0 Å². The van der Waals surface area contributed by atoms with Gasteiger partial charge in [0.15, 0.2) is 4.80 Å². The molecule has 0 fully saturated rings. The second-order valence-electron chi connectivity index (χ2n) is 10.2. The molecule has 7 nitrogen and oxygen atoms in total. The number of hydrogen-bond donors (Lipinski definition) is 0. The highest BCUT2D eigenvalue weighted by Gasteiger charge is 2.35. The molecule has 0 saturated carbocycles. The van der Waals surface area contributed by atoms with E-state index in [1.54, 1.807) is 11.5 Å². The van der Waals surface area contributed by atoms with Crippen molar-refractivity contribution < 1.29 is 19.0 Å². The average Bonchev–Trinajstić information content (AvgIpc) is 3.31. The van der Waals surface area contributed by atoms with Gasteiger partial charge in [-0.25, -0.2) is 9.79 Å². The number of carbonyl (C=O) groups is 1. The van der Waals surface area contributed by atoms with E-state index < -0.39 is 12.0 Å². The van der Waals surface area contributed by atoms with Crippen LogP contribution < -0.4 is 24.4 Å². The van der Waals surface area contributed by atoms with Crippen molar-refractivity contribution in [2.75, 3.05) is 19.8 Å². The molecule has 1 aliphatic heterocycles. The molecule has 3 aromatic carbocycles. The van der Waals surface area contributed by atoms with Gasteiger partial charge in [0.2, 0.25) is 0 Å². The molecule has 1 aliphatic rings. The van der Waals surface area contributed by atoms with Gasteiger partial charge >= 0.3 is 5.97 Å². The summed E-state index contributed by atoms with van der Waals surface area (Å²) in [6.07, 6.45) is 1.85. The monoisotopic (exact) mass is 582 g/mol. The number of carbonyl (C=O) groups excluding carboxylic acids is 1. The fraction of sp³-hybridized carbons (Fsp3) is 0.265. The SMILES string of the molecule is CCOC(=O)C1=C(c2ccccc2)N=c2s/c(=C\c3ccc(OCC(C)C)cc3)c(=O)n2[C@@H]1c1ccc(OCC)cc1. The third kappa shape index (κ3) is 6.24. The molecule has 0 unspecified atom stereocenters. The minimum absolute atomic E-state index is 0.196. The van der Waals surface area contributed by atoms with E-state index in [1.807, 2.05) is 91.9 Å². The number of thiazole rings is 1. The van der Waals surface area contributed by atoms with Gasteiger partial charge in [-0.15, -0.1) is 0 Å². The zero-order chi connectivity index (χ0) is 29.6. The summed E-state index contributed by atoms with van der Waals surface area (Å²) in [6, 6.07) is 23.9. The Kier molecular flexibility index (Phi) is 9.03. The van der Waals surface area contributed by atoms with Crippen molar-refractivity contribution in [1.29, 1.82) is 0 Å². The molecule has 1 atom stereocenters. The number of hydrogen-bond acceptors (Lipinski definition) is 7. The number of benzene rings is 3. The molecule has 0 radical (unpaired) electrons. The summed E-state index contributed by atoms with van der Waals surface area (Å²) < 4.78 is 19.1. The van der Waals surface area contributed by atoms with Crippen LogP contribution in [-0.2, 0) is 9.53 Å². The molecule has 0 N–H and O–H groups in total. The summed E-state index contributed by atoms with van der Waals surface area (Å²) >= 11 is 1.30. The summed E-state index contributed by atoms with van der Waals surface area (Å²) in [4.78, 5) is 33.0. The van der Waals surface area contributed by atoms with Crippen molar-refractivity contribution in [2.45, 2.75) is 33.7 Å². The lowest BCUT2D eigenvalue weighted by molar-refractivity contribution is -0.138. The Morgan fingerprint density at radius 3 is 2.24 bits per heavy atom. The van der Waals surface area contributed by atoms with E-state index in [-0.39, 0.29) is 12.2 Å². The van der Waals surface area contributed by atoms with Crippen molar-refractivity contribution in [3.8, 4) is 11.5 Å². The third-order valence-corrected chi connectivity index (χ3v) is 7.62. The fourth-order valence-electron chi connectivity index (χ4n) is 4.74. The van der Waals surface area contributed by atoms with E-state index >= 15 is 0 Å². The topological polar surface area (TPSA) is 79.1 Å². The molecule has 2 heterocycles. The number of nitrogens with zero attached hydrogens (tertiary/aromatic N) is 2. The molecular formula is C34H34N2O5S. The molecule has 4 aromatic rings. The van der Waals surface area contributed by atoms with Crippen LogP contribution in [0.1, 0.15) is 50.4 Å². The van der Waals surface area contributed by atoms with E-state index in [0.717, 1.165) is 22.4 Å². The van der Waals surface area contributed by atoms with Crippen LogP contribution in [0.2, 0.25) is 0 Å². The number of esters is 1. The average molecular weight is 583 g/mol. The standard InChI is InChI=1S/C34H34N2O5S/c1-5-39-26-18-14-25(15-19-26)31-29(33(38)40-6-2)30(24-10-8-7-9-11-24)35-34-36(31)32(37)28(42-34)20-23-12-16-27(17-13-23)41-21-22(3)4/h7-20,22,31H,5-6,21H2,1-4H3/b28-20-/t31-/m1/s1. The van der Waals surface area contributed by atoms with Crippen LogP contribution in [0.25, 0.3) is 11.8 Å². The largest absolute Gasteiger partial charge is 0.494 e. The zero-order valence-corrected chi connectivity index (χ0v) is 25.0. The highest BCUT2D eigenvalue weighted by molar-refractivity contribution is 7.07. The highest BCUT2D eigenvalue weighted by Crippen LogP contribution is 2.35. The van der Waals surface area contributed by atoms with Crippen molar-refractivity contribution >= 4 is 29.1 Å². The second kappa shape index (κ2) is 13.0. The van der Waals surface area contributed by atoms with Gasteiger partial charge in [-0.2, -0.15) is 0 Å². The van der Waals surface area contributed by atoms with Gasteiger partial charge in [-0.1, -0.05) is 79.8 Å². The molecule has 0 spiro atoms. The van der Waals surface area contributed by atoms with E-state index in [1.165, 1.54) is 11.3 Å². The van der Waals surface area contributed by atoms with Crippen molar-refractivity contribution in [1.82, 2.24) is 4.57 Å². The van der Waals surface area contributed by atoms with Crippen molar-refractivity contribution in [3.05, 3.63) is 121 Å². The minimum atomic E-state index is -0.736. The molecule has 216 valence electrons. The van der Waals surface area contributed by atoms with Crippen LogP contribution in [-0.4, -0.2) is 30.4 Å². The Labute approximate surface area is 249 Å². The quantitative estimate of drug-likeness (QED) is 0.235. The normalized spacial score (nSPS) is 14.9. The predicted octanol–water partition coefficient (Wildman–Crippen LogP) is 5.37. The molecule has 8 heteroatoms. The Morgan fingerprint density at radius 1 is 0.929 bits per heavy atom. The Hall–Kier alpha value is -4.43. The third-order valence-electron chi connectivity index (χ3n) is 6.64. The highest BCUT2D eigenvalue weighted by atomic mass is 32.1. The lowest BCUT2D eigenvalue weighted by atomic mass is 9.93. The smallest absolute Gasteiger partial charge is 0.338 e. The van der Waals surface area contributed by atoms with Crippen LogP contribution >= 0.6 is 11.3 Å². The number of ether oxygens (including phenoxy) is 3. The summed E-state index contributed by atoms with van der Waals surface area (Å²) in [7, 11) is 0. The lowest BCUT2D eigenvalue weighted by Gasteiger charge is -2.26. The number of aromatic nitrogens is 1. The van der Waals surface area contributed by atoms with Crippen LogP contribution in [0.15, 0.2) is 94.2 Å². The number of rotatable bonds is 10. The molecule has 42 heavy (non-hydrogen) atoms. The predicted molar refractivity (Wildman–Crippen MR) is 165 cm³/mol. The van der Waals surface area contributed by atoms with E-state index in [2.05, 4.69) is 13.8 Å². The van der Waals surface area contributed by atoms with Gasteiger partial charge < -0.3 is 14.2 Å². The van der Waals surface area contributed by atoms with E-state index in [4.69, 9.17) is 19.2 Å². The van der Waals surface area contributed by atoms with Crippen molar-refractivity contribution in [3.63, 3.8) is 0 Å². The maximum Gasteiger partial charge on any atom is 0.338 e. The van der Waals surface area contributed by atoms with Crippen LogP contribution in [0, 0.1) is 5.92 Å². The fourth-order valence-corrected chi connectivity index (χ4v) is 5.74. The molecular weight excluding hydrogens is 548 g/mol.